The van der Waals surface area contributed by atoms with E-state index in [-0.39, 0.29) is 0 Å². The molecule has 0 unspecified atom stereocenters. The number of nitrogens with one attached hydrogen (secondary N) is 1. The Balaban J connectivity index is 3.74. The second-order valence-electron chi connectivity index (χ2n) is 2.46. The second-order valence-corrected chi connectivity index (χ2v) is 2.46. The van der Waals surface area contributed by atoms with Gasteiger partial charge < -0.3 is 0 Å². The van der Waals surface area contributed by atoms with Crippen molar-refractivity contribution in [2.75, 3.05) is 5.43 Å². The summed E-state index contributed by atoms with van der Waals surface area (Å²) in [4.78, 5) is 19.5. The predicted molar refractivity (Wildman–Crippen MR) is 57.5 cm³/mol. The molecule has 8 nitrogen and oxygen atoms in total. The molecule has 1 N–H and O–H groups in total. The largest absolute Gasteiger partial charge is 0.301 e. The van der Waals surface area contributed by atoms with E-state index >= 15 is 0 Å². The highest BCUT2D eigenvalue weighted by Gasteiger charge is 2.18. The van der Waals surface area contributed by atoms with Crippen LogP contribution in [0.5, 0.6) is 0 Å². The quantitative estimate of drug-likeness (QED) is 0.479. The van der Waals surface area contributed by atoms with Crippen molar-refractivity contribution in [1.29, 1.82) is 0 Å². The third-order valence-corrected chi connectivity index (χ3v) is 1.45. The van der Waals surface area contributed by atoms with Crippen molar-refractivity contribution in [2.45, 2.75) is 6.92 Å². The number of hydrazone groups is 1. The van der Waals surface area contributed by atoms with Crippen molar-refractivity contribution in [2.24, 2.45) is 5.10 Å². The Morgan fingerprint density at radius 3 is 2.62 bits per heavy atom. The Hall–Kier alpha value is -2.51. The normalized spacial score (nSPS) is 12.9. The molecule has 0 amide bonds. The Bertz CT molecular complexity index is 590. The Labute approximate surface area is 94.1 Å². The molecule has 0 heterocycles. The van der Waals surface area contributed by atoms with Crippen LogP contribution in [0.3, 0.4) is 0 Å². The minimum Gasteiger partial charge on any atom is -0.272 e. The zero-order valence-electron chi connectivity index (χ0n) is 11.1. The summed E-state index contributed by atoms with van der Waals surface area (Å²) in [6, 6.07) is -2.68. The van der Waals surface area contributed by atoms with Gasteiger partial charge in [0.1, 0.15) is 5.69 Å². The molecule has 84 valence electrons. The molecule has 8 heteroatoms. The van der Waals surface area contributed by atoms with Gasteiger partial charge in [0.25, 0.3) is 5.69 Å². The number of anilines is 1. The topological polar surface area (TPSA) is 111 Å². The van der Waals surface area contributed by atoms with E-state index in [0.717, 1.165) is 0 Å². The molecule has 0 fully saturated rings. The van der Waals surface area contributed by atoms with E-state index < -0.39 is 45.0 Å². The van der Waals surface area contributed by atoms with Gasteiger partial charge in [-0.2, -0.15) is 5.10 Å². The van der Waals surface area contributed by atoms with Gasteiger partial charge in [-0.3, -0.25) is 25.7 Å². The highest BCUT2D eigenvalue weighted by Crippen LogP contribution is 2.28. The van der Waals surface area contributed by atoms with Gasteiger partial charge >= 0.3 is 5.69 Å². The number of hydrogen-bond acceptors (Lipinski definition) is 6. The molecule has 0 radical (unpaired) electrons. The molecule has 16 heavy (non-hydrogen) atoms. The number of nitrogens with zero attached hydrogens (tertiary/aromatic N) is 3. The maximum absolute atomic E-state index is 10.9. The van der Waals surface area contributed by atoms with Crippen LogP contribution in [0.25, 0.3) is 0 Å². The number of benzene rings is 1. The van der Waals surface area contributed by atoms with Gasteiger partial charge in [0.05, 0.1) is 20.0 Å². The summed E-state index contributed by atoms with van der Waals surface area (Å²) in [5.74, 6) is 0. The summed E-state index contributed by atoms with van der Waals surface area (Å²) in [6.45, 7) is 1.50. The highest BCUT2D eigenvalue weighted by molar-refractivity contribution is 5.66. The molecule has 0 saturated carbocycles. The molecule has 0 saturated heterocycles. The summed E-state index contributed by atoms with van der Waals surface area (Å²) in [6.07, 6.45) is 1.23. The second kappa shape index (κ2) is 4.82. The van der Waals surface area contributed by atoms with Gasteiger partial charge in [0.2, 0.25) is 0 Å². The van der Waals surface area contributed by atoms with E-state index in [1.54, 1.807) is 0 Å². The van der Waals surface area contributed by atoms with Crippen LogP contribution in [-0.4, -0.2) is 16.1 Å². The molecule has 0 aromatic heterocycles. The van der Waals surface area contributed by atoms with Crippen LogP contribution in [0.1, 0.15) is 11.0 Å². The smallest absolute Gasteiger partial charge is 0.272 e. The Morgan fingerprint density at radius 1 is 1.44 bits per heavy atom. The first-order valence-corrected chi connectivity index (χ1v) is 3.99. The van der Waals surface area contributed by atoms with Gasteiger partial charge in [-0.25, -0.2) is 0 Å². The van der Waals surface area contributed by atoms with Crippen molar-refractivity contribution < 1.29 is 14.0 Å². The fourth-order valence-electron chi connectivity index (χ4n) is 0.825. The van der Waals surface area contributed by atoms with Crippen LogP contribution in [-0.2, 0) is 0 Å². The van der Waals surface area contributed by atoms with Crippen LogP contribution in [0.2, 0.25) is 0 Å². The highest BCUT2D eigenvalue weighted by atomic mass is 16.6. The van der Waals surface area contributed by atoms with E-state index in [9.17, 15) is 20.2 Å². The standard InChI is InChI=1S/C8H8N4O4/c1-2-9-10-7-4-3-6(11(13)14)5-8(7)12(15)16/h2-5,10H,1H3/i3D,4D,5D. The molecular weight excluding hydrogens is 216 g/mol. The van der Waals surface area contributed by atoms with E-state index in [0.29, 0.717) is 0 Å². The van der Waals surface area contributed by atoms with Gasteiger partial charge in [-0.05, 0) is 13.0 Å². The lowest BCUT2D eigenvalue weighted by Crippen LogP contribution is -1.98. The van der Waals surface area contributed by atoms with Gasteiger partial charge in [-0.15, -0.1) is 0 Å². The molecule has 0 bridgehead atoms. The molecule has 0 spiro atoms. The van der Waals surface area contributed by atoms with Gasteiger partial charge in [0, 0.05) is 12.3 Å². The zero-order chi connectivity index (χ0) is 14.7. The minimum absolute atomic E-state index is 0.524. The first kappa shape index (κ1) is 7.74. The van der Waals surface area contributed by atoms with E-state index in [1.807, 2.05) is 0 Å². The summed E-state index contributed by atoms with van der Waals surface area (Å²) < 4.78 is 22.4. The average molecular weight is 227 g/mol. The number of hydrogen-bond donors (Lipinski definition) is 1. The van der Waals surface area contributed by atoms with E-state index in [4.69, 9.17) is 4.11 Å². The lowest BCUT2D eigenvalue weighted by Gasteiger charge is -2.01. The Morgan fingerprint density at radius 2 is 2.12 bits per heavy atom. The first-order valence-electron chi connectivity index (χ1n) is 5.49. The molecule has 0 aliphatic heterocycles. The SMILES string of the molecule is [2H]c1c([2H])c([N+](=O)[O-])c([2H])c([N+](=O)[O-])c1NN=CC. The van der Waals surface area contributed by atoms with Crippen LogP contribution in [0.4, 0.5) is 17.1 Å². The molecular formula is C8H8N4O4. The van der Waals surface area contributed by atoms with Crippen molar-refractivity contribution >= 4 is 23.3 Å². The molecule has 1 aromatic rings. The first-order chi connectivity index (χ1) is 8.82. The lowest BCUT2D eigenvalue weighted by atomic mass is 10.2. The number of rotatable bonds is 4. The fourth-order valence-corrected chi connectivity index (χ4v) is 0.825. The lowest BCUT2D eigenvalue weighted by molar-refractivity contribution is -0.393. The van der Waals surface area contributed by atoms with Crippen molar-refractivity contribution in [3.8, 4) is 0 Å². The van der Waals surface area contributed by atoms with Crippen molar-refractivity contribution in [3.63, 3.8) is 0 Å². The summed E-state index contributed by atoms with van der Waals surface area (Å²) in [7, 11) is 0. The fraction of sp³-hybridized carbons (Fsp3) is 0.125. The maximum atomic E-state index is 10.9. The zero-order valence-corrected chi connectivity index (χ0v) is 8.05. The third-order valence-electron chi connectivity index (χ3n) is 1.45. The van der Waals surface area contributed by atoms with Crippen LogP contribution >= 0.6 is 0 Å². The summed E-state index contributed by atoms with van der Waals surface area (Å²) in [5.41, 5.74) is -0.427. The molecule has 1 aromatic carbocycles. The van der Waals surface area contributed by atoms with Crippen molar-refractivity contribution in [3.05, 3.63) is 38.4 Å². The molecule has 0 aliphatic rings. The predicted octanol–water partition coefficient (Wildman–Crippen LogP) is 1.92. The average Bonchev–Trinajstić information content (AvgIpc) is 2.30. The Kier molecular flexibility index (Phi) is 2.33. The van der Waals surface area contributed by atoms with Crippen LogP contribution < -0.4 is 5.43 Å². The molecule has 0 aliphatic carbocycles. The maximum Gasteiger partial charge on any atom is 0.301 e. The molecule has 0 atom stereocenters. The minimum atomic E-state index is -1.09. The number of nitro benzene ring substituents is 2. The summed E-state index contributed by atoms with van der Waals surface area (Å²) in [5, 5.41) is 25.0. The van der Waals surface area contributed by atoms with Gasteiger partial charge in [0.15, 0.2) is 0 Å². The van der Waals surface area contributed by atoms with E-state index in [1.165, 1.54) is 13.1 Å². The van der Waals surface area contributed by atoms with Gasteiger partial charge in [-0.1, -0.05) is 0 Å². The molecule has 1 rings (SSSR count). The van der Waals surface area contributed by atoms with Crippen LogP contribution in [0.15, 0.2) is 23.2 Å². The van der Waals surface area contributed by atoms with Crippen LogP contribution in [0, 0.1) is 20.2 Å². The summed E-state index contributed by atoms with van der Waals surface area (Å²) >= 11 is 0. The van der Waals surface area contributed by atoms with Crippen molar-refractivity contribution in [1.82, 2.24) is 0 Å². The monoisotopic (exact) mass is 227 g/mol. The third kappa shape index (κ3) is 2.50. The van der Waals surface area contributed by atoms with E-state index in [2.05, 4.69) is 10.5 Å². The number of nitro groups is 2.